The topological polar surface area (TPSA) is 55.2 Å². The molecule has 0 saturated heterocycles. The van der Waals surface area contributed by atoms with Crippen LogP contribution in [0.15, 0.2) is 17.5 Å². The molecule has 4 heteroatoms. The number of Topliss-reactive ketones (excluding diaryl/α,β-unsaturated/α-hetero) is 1. The number of aliphatic imine (C=N–C) groups is 1. The summed E-state index contributed by atoms with van der Waals surface area (Å²) in [5.74, 6) is -0.141. The van der Waals surface area contributed by atoms with Gasteiger partial charge >= 0.3 is 0 Å². The lowest BCUT2D eigenvalue weighted by molar-refractivity contribution is 0.107. The summed E-state index contributed by atoms with van der Waals surface area (Å²) in [5.41, 5.74) is 0.961. The van der Waals surface area contributed by atoms with Crippen molar-refractivity contribution in [3.8, 4) is 0 Å². The number of hydrogen-bond acceptors (Lipinski definition) is 4. The lowest BCUT2D eigenvalue weighted by Gasteiger charge is -1.88. The summed E-state index contributed by atoms with van der Waals surface area (Å²) in [4.78, 5) is 22.1. The second kappa shape index (κ2) is 1.70. The van der Waals surface area contributed by atoms with Gasteiger partial charge in [-0.1, -0.05) is 0 Å². The van der Waals surface area contributed by atoms with Crippen molar-refractivity contribution >= 4 is 17.7 Å². The van der Waals surface area contributed by atoms with Gasteiger partial charge in [-0.3, -0.25) is 4.79 Å². The summed E-state index contributed by atoms with van der Waals surface area (Å²) in [6, 6.07) is 0. The van der Waals surface area contributed by atoms with E-state index >= 15 is 0 Å². The Bertz CT molecular complexity index is 319. The van der Waals surface area contributed by atoms with Crippen molar-refractivity contribution in [2.45, 2.75) is 0 Å². The molecule has 48 valence electrons. The summed E-state index contributed by atoms with van der Waals surface area (Å²) >= 11 is 0. The second-order valence-corrected chi connectivity index (χ2v) is 1.88. The fraction of sp³-hybridized carbons (Fsp3) is 0. The van der Waals surface area contributed by atoms with Crippen LogP contribution < -0.4 is 0 Å². The molecule has 0 aromatic carbocycles. The molecule has 4 nitrogen and oxygen atoms in total. The molecule has 2 heterocycles. The van der Waals surface area contributed by atoms with Gasteiger partial charge in [-0.25, -0.2) is 15.0 Å². The zero-order chi connectivity index (χ0) is 6.97. The van der Waals surface area contributed by atoms with Crippen LogP contribution in [0.25, 0.3) is 0 Å². The molecule has 0 saturated carbocycles. The molecule has 1 aromatic rings. The van der Waals surface area contributed by atoms with Crippen LogP contribution in [-0.2, 0) is 0 Å². The molecule has 10 heavy (non-hydrogen) atoms. The molecule has 0 amide bonds. The Balaban J connectivity index is 2.70. The molecule has 2 rings (SSSR count). The Morgan fingerprint density at radius 3 is 3.10 bits per heavy atom. The van der Waals surface area contributed by atoms with Crippen LogP contribution >= 0.6 is 0 Å². The largest absolute Gasteiger partial charge is 0.286 e. The van der Waals surface area contributed by atoms with E-state index in [9.17, 15) is 4.79 Å². The van der Waals surface area contributed by atoms with E-state index < -0.39 is 0 Å². The minimum absolute atomic E-state index is 0.141. The first-order chi connectivity index (χ1) is 4.88. The molecule has 1 aromatic heterocycles. The molecule has 0 unspecified atom stereocenters. The summed E-state index contributed by atoms with van der Waals surface area (Å²) in [6.45, 7) is 0. The van der Waals surface area contributed by atoms with E-state index in [1.807, 2.05) is 0 Å². The highest BCUT2D eigenvalue weighted by Gasteiger charge is 2.15. The number of carbonyl (C=O) groups excluding carboxylic acids is 1. The Labute approximate surface area is 56.7 Å². The molecule has 0 bridgehead atoms. The van der Waals surface area contributed by atoms with E-state index in [0.29, 0.717) is 11.4 Å². The van der Waals surface area contributed by atoms with Crippen molar-refractivity contribution in [1.29, 1.82) is 0 Å². The highest BCUT2D eigenvalue weighted by atomic mass is 16.1. The van der Waals surface area contributed by atoms with Crippen LogP contribution in [0.4, 0.5) is 5.69 Å². The molecule has 0 atom stereocenters. The SMILES string of the molecule is O=C1C=Nc2cncnc21. The van der Waals surface area contributed by atoms with Crippen LogP contribution in [0.5, 0.6) is 0 Å². The van der Waals surface area contributed by atoms with E-state index in [1.54, 1.807) is 0 Å². The minimum Gasteiger partial charge on any atom is -0.286 e. The molecule has 0 aliphatic carbocycles. The maximum atomic E-state index is 10.8. The van der Waals surface area contributed by atoms with E-state index in [1.165, 1.54) is 18.7 Å². The third-order valence-corrected chi connectivity index (χ3v) is 1.25. The Morgan fingerprint density at radius 2 is 2.30 bits per heavy atom. The van der Waals surface area contributed by atoms with Crippen LogP contribution in [0.3, 0.4) is 0 Å². The smallest absolute Gasteiger partial charge is 0.224 e. The van der Waals surface area contributed by atoms with Gasteiger partial charge in [0.05, 0.1) is 12.4 Å². The summed E-state index contributed by atoms with van der Waals surface area (Å²) in [7, 11) is 0. The molecule has 1 aliphatic heterocycles. The Hall–Kier alpha value is -1.58. The van der Waals surface area contributed by atoms with Crippen LogP contribution in [0.2, 0.25) is 0 Å². The van der Waals surface area contributed by atoms with Crippen molar-refractivity contribution in [1.82, 2.24) is 9.97 Å². The lowest BCUT2D eigenvalue weighted by atomic mass is 10.3. The Morgan fingerprint density at radius 1 is 1.40 bits per heavy atom. The summed E-state index contributed by atoms with van der Waals surface area (Å²) in [5, 5.41) is 0. The van der Waals surface area contributed by atoms with Crippen molar-refractivity contribution < 1.29 is 4.79 Å². The van der Waals surface area contributed by atoms with E-state index in [-0.39, 0.29) is 5.78 Å². The van der Waals surface area contributed by atoms with Gasteiger partial charge in [0.1, 0.15) is 17.7 Å². The van der Waals surface area contributed by atoms with E-state index in [2.05, 4.69) is 15.0 Å². The van der Waals surface area contributed by atoms with E-state index in [4.69, 9.17) is 0 Å². The molecular formula is C6H3N3O. The average molecular weight is 133 g/mol. The van der Waals surface area contributed by atoms with Crippen molar-refractivity contribution in [2.24, 2.45) is 4.99 Å². The highest BCUT2D eigenvalue weighted by molar-refractivity contribution is 6.39. The summed E-state index contributed by atoms with van der Waals surface area (Å²) < 4.78 is 0. The Kier molecular flexibility index (Phi) is 0.887. The van der Waals surface area contributed by atoms with Gasteiger partial charge in [-0.05, 0) is 0 Å². The fourth-order valence-corrected chi connectivity index (χ4v) is 0.796. The second-order valence-electron chi connectivity index (χ2n) is 1.88. The minimum atomic E-state index is -0.141. The monoisotopic (exact) mass is 133 g/mol. The first kappa shape index (κ1) is 5.22. The molecule has 0 radical (unpaired) electrons. The average Bonchev–Trinajstić information content (AvgIpc) is 2.34. The molecular weight excluding hydrogens is 130 g/mol. The first-order valence-corrected chi connectivity index (χ1v) is 2.76. The number of nitrogens with zero attached hydrogens (tertiary/aromatic N) is 3. The van der Waals surface area contributed by atoms with Crippen LogP contribution in [0, 0.1) is 0 Å². The predicted octanol–water partition coefficient (Wildman–Crippen LogP) is 0.375. The van der Waals surface area contributed by atoms with E-state index in [0.717, 1.165) is 0 Å². The zero-order valence-corrected chi connectivity index (χ0v) is 4.98. The fourth-order valence-electron chi connectivity index (χ4n) is 0.796. The lowest BCUT2D eigenvalue weighted by Crippen LogP contribution is -1.96. The zero-order valence-electron chi connectivity index (χ0n) is 4.98. The van der Waals surface area contributed by atoms with Gasteiger partial charge < -0.3 is 0 Å². The van der Waals surface area contributed by atoms with Gasteiger partial charge in [-0.2, -0.15) is 0 Å². The van der Waals surface area contributed by atoms with Gasteiger partial charge in [-0.15, -0.1) is 0 Å². The molecule has 1 aliphatic rings. The maximum absolute atomic E-state index is 10.8. The maximum Gasteiger partial charge on any atom is 0.224 e. The molecule has 0 fully saturated rings. The van der Waals surface area contributed by atoms with Crippen molar-refractivity contribution in [3.63, 3.8) is 0 Å². The molecule has 0 spiro atoms. The number of ketones is 1. The van der Waals surface area contributed by atoms with Crippen molar-refractivity contribution in [2.75, 3.05) is 0 Å². The normalized spacial score (nSPS) is 13.8. The third kappa shape index (κ3) is 0.556. The quantitative estimate of drug-likeness (QED) is 0.514. The third-order valence-electron chi connectivity index (χ3n) is 1.25. The predicted molar refractivity (Wildman–Crippen MR) is 34.5 cm³/mol. The molecule has 0 N–H and O–H groups in total. The highest BCUT2D eigenvalue weighted by Crippen LogP contribution is 2.18. The standard InChI is InChI=1S/C6H3N3O/c10-5-2-8-4-1-7-3-9-6(4)5/h1-3H. The van der Waals surface area contributed by atoms with Gasteiger partial charge in [0.15, 0.2) is 0 Å². The summed E-state index contributed by atoms with van der Waals surface area (Å²) in [6.07, 6.45) is 4.11. The first-order valence-electron chi connectivity index (χ1n) is 2.76. The number of rotatable bonds is 0. The van der Waals surface area contributed by atoms with Gasteiger partial charge in [0.25, 0.3) is 0 Å². The number of fused-ring (bicyclic) bond motifs is 1. The number of aromatic nitrogens is 2. The van der Waals surface area contributed by atoms with Crippen molar-refractivity contribution in [3.05, 3.63) is 18.2 Å². The number of carbonyl (C=O) groups is 1. The van der Waals surface area contributed by atoms with Crippen LogP contribution in [-0.4, -0.2) is 22.0 Å². The van der Waals surface area contributed by atoms with Gasteiger partial charge in [0, 0.05) is 0 Å². The van der Waals surface area contributed by atoms with Gasteiger partial charge in [0.2, 0.25) is 5.78 Å². The number of hydrogen-bond donors (Lipinski definition) is 0. The van der Waals surface area contributed by atoms with Crippen LogP contribution in [0.1, 0.15) is 10.5 Å².